The predicted octanol–water partition coefficient (Wildman–Crippen LogP) is 1.39. The van der Waals surface area contributed by atoms with Gasteiger partial charge in [0.1, 0.15) is 0 Å². The van der Waals surface area contributed by atoms with Crippen LogP contribution >= 0.6 is 11.6 Å². The Morgan fingerprint density at radius 1 is 1.52 bits per heavy atom. The van der Waals surface area contributed by atoms with Crippen molar-refractivity contribution in [1.82, 2.24) is 9.88 Å². The van der Waals surface area contributed by atoms with Crippen molar-refractivity contribution in [2.45, 2.75) is 19.4 Å². The van der Waals surface area contributed by atoms with Gasteiger partial charge in [-0.3, -0.25) is 4.79 Å². The molecule has 116 valence electrons. The highest BCUT2D eigenvalue weighted by molar-refractivity contribution is 7.91. The molecular formula is C13H17ClN2O4S. The summed E-state index contributed by atoms with van der Waals surface area (Å²) in [6.07, 6.45) is 0.438. The lowest BCUT2D eigenvalue weighted by molar-refractivity contribution is 0.0740. The third kappa shape index (κ3) is 3.65. The molecule has 1 amide bonds. The van der Waals surface area contributed by atoms with Crippen molar-refractivity contribution < 1.29 is 17.9 Å². The van der Waals surface area contributed by atoms with E-state index >= 15 is 0 Å². The van der Waals surface area contributed by atoms with Crippen molar-refractivity contribution >= 4 is 27.3 Å². The molecule has 0 aromatic carbocycles. The van der Waals surface area contributed by atoms with Crippen molar-refractivity contribution in [2.75, 3.05) is 25.2 Å². The molecule has 1 aliphatic rings. The van der Waals surface area contributed by atoms with E-state index in [1.54, 1.807) is 19.2 Å². The summed E-state index contributed by atoms with van der Waals surface area (Å²) in [5.41, 5.74) is 0.0782. The topological polar surface area (TPSA) is 76.6 Å². The molecule has 2 heterocycles. The Morgan fingerprint density at radius 2 is 2.24 bits per heavy atom. The minimum absolute atomic E-state index is 0.0159. The van der Waals surface area contributed by atoms with Gasteiger partial charge in [-0.1, -0.05) is 11.6 Å². The Hall–Kier alpha value is -1.34. The number of carbonyl (C=O) groups excluding carboxylic acids is 1. The molecule has 0 N–H and O–H groups in total. The zero-order valence-corrected chi connectivity index (χ0v) is 13.4. The highest BCUT2D eigenvalue weighted by Gasteiger charge is 2.34. The quantitative estimate of drug-likeness (QED) is 0.832. The van der Waals surface area contributed by atoms with Gasteiger partial charge in [-0.15, -0.1) is 0 Å². The van der Waals surface area contributed by atoms with Crippen LogP contribution in [0.4, 0.5) is 0 Å². The Balaban J connectivity index is 2.21. The summed E-state index contributed by atoms with van der Waals surface area (Å²) in [4.78, 5) is 17.9. The Morgan fingerprint density at radius 3 is 2.81 bits per heavy atom. The largest absolute Gasteiger partial charge is 0.478 e. The molecule has 0 unspecified atom stereocenters. The van der Waals surface area contributed by atoms with Gasteiger partial charge < -0.3 is 9.64 Å². The number of aromatic nitrogens is 1. The van der Waals surface area contributed by atoms with Crippen LogP contribution in [0.2, 0.25) is 5.02 Å². The van der Waals surface area contributed by atoms with Crippen LogP contribution in [0.25, 0.3) is 0 Å². The maximum Gasteiger partial charge on any atom is 0.274 e. The standard InChI is InChI=1S/C13H17ClN2O4S/c1-3-20-11-5-4-10(14)12(15-11)13(17)16(2)9-6-7-21(18,19)8-9/h4-5,9H,3,6-8H2,1-2H3/t9-/m0/s1. The summed E-state index contributed by atoms with van der Waals surface area (Å²) in [6.45, 7) is 2.24. The third-order valence-corrected chi connectivity index (χ3v) is 5.45. The summed E-state index contributed by atoms with van der Waals surface area (Å²) in [7, 11) is -1.49. The van der Waals surface area contributed by atoms with Crippen molar-refractivity contribution in [1.29, 1.82) is 0 Å². The zero-order valence-electron chi connectivity index (χ0n) is 11.9. The van der Waals surface area contributed by atoms with Gasteiger partial charge in [-0.25, -0.2) is 13.4 Å². The highest BCUT2D eigenvalue weighted by atomic mass is 35.5. The van der Waals surface area contributed by atoms with Gasteiger partial charge in [-0.2, -0.15) is 0 Å². The number of ether oxygens (including phenoxy) is 1. The predicted molar refractivity (Wildman–Crippen MR) is 79.6 cm³/mol. The maximum absolute atomic E-state index is 12.4. The normalized spacial score (nSPS) is 20.2. The van der Waals surface area contributed by atoms with Crippen LogP contribution in [-0.4, -0.2) is 55.4 Å². The lowest BCUT2D eigenvalue weighted by Gasteiger charge is -2.23. The van der Waals surface area contributed by atoms with E-state index in [0.29, 0.717) is 18.9 Å². The number of nitrogens with zero attached hydrogens (tertiary/aromatic N) is 2. The van der Waals surface area contributed by atoms with E-state index in [1.807, 2.05) is 6.92 Å². The molecule has 0 spiro atoms. The monoisotopic (exact) mass is 332 g/mol. The fraction of sp³-hybridized carbons (Fsp3) is 0.538. The number of pyridine rings is 1. The van der Waals surface area contributed by atoms with Gasteiger partial charge in [-0.05, 0) is 19.4 Å². The van der Waals surface area contributed by atoms with Crippen LogP contribution in [0.1, 0.15) is 23.8 Å². The first-order chi connectivity index (χ1) is 9.84. The van der Waals surface area contributed by atoms with Gasteiger partial charge in [0.2, 0.25) is 5.88 Å². The molecular weight excluding hydrogens is 316 g/mol. The minimum Gasteiger partial charge on any atom is -0.478 e. The summed E-state index contributed by atoms with van der Waals surface area (Å²) < 4.78 is 28.3. The van der Waals surface area contributed by atoms with Crippen LogP contribution in [0.5, 0.6) is 5.88 Å². The summed E-state index contributed by atoms with van der Waals surface area (Å²) in [5, 5.41) is 0.219. The minimum atomic E-state index is -3.06. The smallest absolute Gasteiger partial charge is 0.274 e. The molecule has 1 aliphatic heterocycles. The zero-order chi connectivity index (χ0) is 15.6. The average molecular weight is 333 g/mol. The SMILES string of the molecule is CCOc1ccc(Cl)c(C(=O)N(C)[C@H]2CCS(=O)(=O)C2)n1. The third-order valence-electron chi connectivity index (χ3n) is 3.39. The van der Waals surface area contributed by atoms with E-state index in [0.717, 1.165) is 0 Å². The van der Waals surface area contributed by atoms with E-state index in [1.165, 1.54) is 4.90 Å². The number of carbonyl (C=O) groups is 1. The number of rotatable bonds is 4. The molecule has 1 saturated heterocycles. The Kier molecular flexibility index (Phi) is 4.73. The van der Waals surface area contributed by atoms with E-state index in [2.05, 4.69) is 4.98 Å². The molecule has 1 aromatic rings. The van der Waals surface area contributed by atoms with E-state index in [9.17, 15) is 13.2 Å². The molecule has 21 heavy (non-hydrogen) atoms. The number of hydrogen-bond acceptors (Lipinski definition) is 5. The molecule has 1 atom stereocenters. The molecule has 6 nitrogen and oxygen atoms in total. The van der Waals surface area contributed by atoms with Crippen LogP contribution < -0.4 is 4.74 Å². The van der Waals surface area contributed by atoms with Crippen molar-refractivity contribution in [2.24, 2.45) is 0 Å². The van der Waals surface area contributed by atoms with Gasteiger partial charge in [0, 0.05) is 19.2 Å². The maximum atomic E-state index is 12.4. The van der Waals surface area contributed by atoms with Gasteiger partial charge >= 0.3 is 0 Å². The van der Waals surface area contributed by atoms with Crippen molar-refractivity contribution in [3.8, 4) is 5.88 Å². The van der Waals surface area contributed by atoms with Gasteiger partial charge in [0.15, 0.2) is 15.5 Å². The Bertz CT molecular complexity index is 648. The average Bonchev–Trinajstić information content (AvgIpc) is 2.80. The second-order valence-corrected chi connectivity index (χ2v) is 7.52. The van der Waals surface area contributed by atoms with E-state index in [-0.39, 0.29) is 28.3 Å². The molecule has 8 heteroatoms. The summed E-state index contributed by atoms with van der Waals surface area (Å²) in [5.74, 6) is 0.00863. The number of sulfone groups is 1. The molecule has 1 fully saturated rings. The summed E-state index contributed by atoms with van der Waals surface area (Å²) in [6, 6.07) is 2.80. The first-order valence-corrected chi connectivity index (χ1v) is 8.81. The highest BCUT2D eigenvalue weighted by Crippen LogP contribution is 2.23. The first kappa shape index (κ1) is 16.0. The van der Waals surface area contributed by atoms with E-state index in [4.69, 9.17) is 16.3 Å². The number of hydrogen-bond donors (Lipinski definition) is 0. The molecule has 1 aromatic heterocycles. The lowest BCUT2D eigenvalue weighted by atomic mass is 10.2. The molecule has 0 radical (unpaired) electrons. The molecule has 2 rings (SSSR count). The Labute approximate surface area is 129 Å². The van der Waals surface area contributed by atoms with Crippen molar-refractivity contribution in [3.63, 3.8) is 0 Å². The van der Waals surface area contributed by atoms with Crippen LogP contribution in [0, 0.1) is 0 Å². The van der Waals surface area contributed by atoms with Crippen molar-refractivity contribution in [3.05, 3.63) is 22.8 Å². The molecule has 0 bridgehead atoms. The summed E-state index contributed by atoms with van der Waals surface area (Å²) >= 11 is 6.01. The molecule has 0 aliphatic carbocycles. The number of amides is 1. The second kappa shape index (κ2) is 6.19. The van der Waals surface area contributed by atoms with Gasteiger partial charge in [0.25, 0.3) is 5.91 Å². The van der Waals surface area contributed by atoms with Crippen LogP contribution in [0.3, 0.4) is 0 Å². The molecule has 0 saturated carbocycles. The fourth-order valence-corrected chi connectivity index (χ4v) is 4.18. The van der Waals surface area contributed by atoms with Crippen LogP contribution in [-0.2, 0) is 9.84 Å². The van der Waals surface area contributed by atoms with Gasteiger partial charge in [0.05, 0.1) is 23.1 Å². The lowest BCUT2D eigenvalue weighted by Crippen LogP contribution is -2.38. The fourth-order valence-electron chi connectivity index (χ4n) is 2.22. The van der Waals surface area contributed by atoms with E-state index < -0.39 is 15.7 Å². The first-order valence-electron chi connectivity index (χ1n) is 6.61. The second-order valence-electron chi connectivity index (χ2n) is 4.89. The number of halogens is 1. The van der Waals surface area contributed by atoms with Crippen LogP contribution in [0.15, 0.2) is 12.1 Å².